The molecular formula is C14H15BrN2O3S. The van der Waals surface area contributed by atoms with E-state index in [4.69, 9.17) is 0 Å². The Morgan fingerprint density at radius 3 is 2.67 bits per heavy atom. The molecule has 0 amide bonds. The van der Waals surface area contributed by atoms with Crippen molar-refractivity contribution in [3.63, 3.8) is 0 Å². The first-order chi connectivity index (χ1) is 9.96. The lowest BCUT2D eigenvalue weighted by Gasteiger charge is -2.03. The Hall–Kier alpha value is -1.47. The summed E-state index contributed by atoms with van der Waals surface area (Å²) in [5.74, 6) is 0.116. The summed E-state index contributed by atoms with van der Waals surface area (Å²) in [6.07, 6.45) is 2.31. The van der Waals surface area contributed by atoms with Crippen LogP contribution in [-0.4, -0.2) is 36.0 Å². The quantitative estimate of drug-likeness (QED) is 0.732. The Kier molecular flexibility index (Phi) is 4.95. The first-order valence-corrected chi connectivity index (χ1v) is 9.06. The lowest BCUT2D eigenvalue weighted by Crippen LogP contribution is -2.14. The van der Waals surface area contributed by atoms with Crippen molar-refractivity contribution < 1.29 is 13.2 Å². The smallest absolute Gasteiger partial charge is 0.153 e. The van der Waals surface area contributed by atoms with Crippen molar-refractivity contribution in [1.82, 2.24) is 9.78 Å². The molecule has 112 valence electrons. The van der Waals surface area contributed by atoms with Crippen LogP contribution in [-0.2, 0) is 16.4 Å². The fourth-order valence-electron chi connectivity index (χ4n) is 1.88. The van der Waals surface area contributed by atoms with Gasteiger partial charge in [0.25, 0.3) is 0 Å². The molecule has 0 saturated carbocycles. The van der Waals surface area contributed by atoms with Crippen molar-refractivity contribution in [2.75, 3.05) is 11.5 Å². The van der Waals surface area contributed by atoms with Gasteiger partial charge in [-0.25, -0.2) is 8.42 Å². The lowest BCUT2D eigenvalue weighted by molar-refractivity contribution is 0.112. The second-order valence-electron chi connectivity index (χ2n) is 4.53. The van der Waals surface area contributed by atoms with Crippen LogP contribution in [0.1, 0.15) is 17.3 Å². The first-order valence-electron chi connectivity index (χ1n) is 6.45. The van der Waals surface area contributed by atoms with Gasteiger partial charge in [0, 0.05) is 22.0 Å². The van der Waals surface area contributed by atoms with Gasteiger partial charge in [0.05, 0.1) is 17.9 Å². The maximum atomic E-state index is 11.5. The topological polar surface area (TPSA) is 69.0 Å². The number of sulfone groups is 1. The molecule has 0 aliphatic carbocycles. The molecule has 0 saturated heterocycles. The van der Waals surface area contributed by atoms with Gasteiger partial charge >= 0.3 is 0 Å². The lowest BCUT2D eigenvalue weighted by atomic mass is 10.1. The Morgan fingerprint density at radius 1 is 1.33 bits per heavy atom. The maximum Gasteiger partial charge on any atom is 0.153 e. The van der Waals surface area contributed by atoms with Crippen LogP contribution in [0.25, 0.3) is 11.3 Å². The number of nitrogens with zero attached hydrogens (tertiary/aromatic N) is 2. The van der Waals surface area contributed by atoms with E-state index in [1.54, 1.807) is 13.1 Å². The van der Waals surface area contributed by atoms with Crippen LogP contribution < -0.4 is 0 Å². The summed E-state index contributed by atoms with van der Waals surface area (Å²) in [6, 6.07) is 7.45. The minimum absolute atomic E-state index is 0.0128. The highest BCUT2D eigenvalue weighted by molar-refractivity contribution is 9.10. The van der Waals surface area contributed by atoms with E-state index in [9.17, 15) is 13.2 Å². The van der Waals surface area contributed by atoms with Crippen LogP contribution in [0.3, 0.4) is 0 Å². The van der Waals surface area contributed by atoms with Crippen molar-refractivity contribution in [2.24, 2.45) is 0 Å². The number of aldehydes is 1. The van der Waals surface area contributed by atoms with Gasteiger partial charge in [-0.15, -0.1) is 0 Å². The maximum absolute atomic E-state index is 11.5. The molecule has 0 spiro atoms. The van der Waals surface area contributed by atoms with Crippen molar-refractivity contribution in [1.29, 1.82) is 0 Å². The molecule has 1 aromatic carbocycles. The number of aromatic nitrogens is 2. The predicted molar refractivity (Wildman–Crippen MR) is 85.1 cm³/mol. The molecule has 0 aliphatic rings. The van der Waals surface area contributed by atoms with Crippen LogP contribution in [0.15, 0.2) is 34.9 Å². The number of benzene rings is 1. The largest absolute Gasteiger partial charge is 0.298 e. The molecule has 0 N–H and O–H groups in total. The summed E-state index contributed by atoms with van der Waals surface area (Å²) in [7, 11) is -3.06. The molecule has 0 radical (unpaired) electrons. The van der Waals surface area contributed by atoms with E-state index in [-0.39, 0.29) is 18.1 Å². The normalized spacial score (nSPS) is 11.5. The van der Waals surface area contributed by atoms with E-state index >= 15 is 0 Å². The molecule has 1 aromatic heterocycles. The molecule has 5 nitrogen and oxygen atoms in total. The van der Waals surface area contributed by atoms with Crippen molar-refractivity contribution in [3.8, 4) is 11.3 Å². The third-order valence-corrected chi connectivity index (χ3v) is 5.49. The summed E-state index contributed by atoms with van der Waals surface area (Å²) in [6.45, 7) is 1.85. The number of rotatable bonds is 6. The molecule has 0 atom stereocenters. The number of carbonyl (C=O) groups excluding carboxylic acids is 1. The van der Waals surface area contributed by atoms with Gasteiger partial charge in [-0.05, 0) is 6.07 Å². The number of halogens is 1. The van der Waals surface area contributed by atoms with Gasteiger partial charge in [0.15, 0.2) is 16.1 Å². The zero-order valence-electron chi connectivity index (χ0n) is 11.5. The van der Waals surface area contributed by atoms with Gasteiger partial charge in [-0.2, -0.15) is 5.10 Å². The SMILES string of the molecule is CCS(=O)(=O)CCn1cc(C=O)c(-c2ccccc2Br)n1. The molecule has 0 bridgehead atoms. The molecule has 21 heavy (non-hydrogen) atoms. The molecule has 0 unspecified atom stereocenters. The molecule has 7 heteroatoms. The summed E-state index contributed by atoms with van der Waals surface area (Å²) in [5, 5.41) is 4.34. The second kappa shape index (κ2) is 6.53. The van der Waals surface area contributed by atoms with Crippen LogP contribution in [0.5, 0.6) is 0 Å². The summed E-state index contributed by atoms with van der Waals surface area (Å²) in [5.41, 5.74) is 1.79. The van der Waals surface area contributed by atoms with Gasteiger partial charge < -0.3 is 0 Å². The van der Waals surface area contributed by atoms with E-state index in [2.05, 4.69) is 21.0 Å². The van der Waals surface area contributed by atoms with Crippen LogP contribution >= 0.6 is 15.9 Å². The highest BCUT2D eigenvalue weighted by Crippen LogP contribution is 2.28. The highest BCUT2D eigenvalue weighted by Gasteiger charge is 2.14. The molecule has 2 rings (SSSR count). The monoisotopic (exact) mass is 370 g/mol. The Balaban J connectivity index is 2.33. The number of hydrogen-bond donors (Lipinski definition) is 0. The van der Waals surface area contributed by atoms with Gasteiger partial charge in [0.1, 0.15) is 5.69 Å². The van der Waals surface area contributed by atoms with Crippen LogP contribution in [0.2, 0.25) is 0 Å². The minimum atomic E-state index is -3.06. The summed E-state index contributed by atoms with van der Waals surface area (Å²) < 4.78 is 25.4. The first kappa shape index (κ1) is 15.9. The highest BCUT2D eigenvalue weighted by atomic mass is 79.9. The van der Waals surface area contributed by atoms with Crippen molar-refractivity contribution >= 4 is 32.1 Å². The van der Waals surface area contributed by atoms with Crippen molar-refractivity contribution in [2.45, 2.75) is 13.5 Å². The zero-order chi connectivity index (χ0) is 15.5. The van der Waals surface area contributed by atoms with Gasteiger partial charge in [0.2, 0.25) is 0 Å². The van der Waals surface area contributed by atoms with E-state index < -0.39 is 9.84 Å². The second-order valence-corrected chi connectivity index (χ2v) is 7.86. The van der Waals surface area contributed by atoms with Gasteiger partial charge in [-0.1, -0.05) is 41.1 Å². The summed E-state index contributed by atoms with van der Waals surface area (Å²) >= 11 is 3.43. The third kappa shape index (κ3) is 3.79. The fourth-order valence-corrected chi connectivity index (χ4v) is 3.10. The van der Waals surface area contributed by atoms with Crippen LogP contribution in [0.4, 0.5) is 0 Å². The standard InChI is InChI=1S/C14H15BrN2O3S/c1-2-21(19,20)8-7-17-9-11(10-18)14(16-17)12-5-3-4-6-13(12)15/h3-6,9-10H,2,7-8H2,1H3. The third-order valence-electron chi connectivity index (χ3n) is 3.12. The molecule has 1 heterocycles. The number of carbonyl (C=O) groups is 1. The molecule has 2 aromatic rings. The molecule has 0 fully saturated rings. The Morgan fingerprint density at radius 2 is 2.05 bits per heavy atom. The van der Waals surface area contributed by atoms with E-state index in [1.165, 1.54) is 4.68 Å². The van der Waals surface area contributed by atoms with E-state index in [0.717, 1.165) is 16.3 Å². The fraction of sp³-hybridized carbons (Fsp3) is 0.286. The molecular weight excluding hydrogens is 356 g/mol. The van der Waals surface area contributed by atoms with Gasteiger partial charge in [-0.3, -0.25) is 9.48 Å². The Bertz CT molecular complexity index is 753. The minimum Gasteiger partial charge on any atom is -0.298 e. The zero-order valence-corrected chi connectivity index (χ0v) is 13.9. The average molecular weight is 371 g/mol. The summed E-state index contributed by atoms with van der Waals surface area (Å²) in [4.78, 5) is 11.2. The number of aryl methyl sites for hydroxylation is 1. The van der Waals surface area contributed by atoms with E-state index in [0.29, 0.717) is 11.3 Å². The van der Waals surface area contributed by atoms with Crippen LogP contribution in [0, 0.1) is 0 Å². The molecule has 0 aliphatic heterocycles. The van der Waals surface area contributed by atoms with E-state index in [1.807, 2.05) is 24.3 Å². The number of hydrogen-bond acceptors (Lipinski definition) is 4. The average Bonchev–Trinajstić information content (AvgIpc) is 2.89. The predicted octanol–water partition coefficient (Wildman–Crippen LogP) is 2.56. The van der Waals surface area contributed by atoms with Crippen molar-refractivity contribution in [3.05, 3.63) is 40.5 Å². The Labute approximate surface area is 132 Å².